The third-order valence-electron chi connectivity index (χ3n) is 5.72. The number of nitrogens with one attached hydrogen (secondary N) is 1. The summed E-state index contributed by atoms with van der Waals surface area (Å²) in [5.74, 6) is 1.66. The van der Waals surface area contributed by atoms with Gasteiger partial charge in [0.1, 0.15) is 12.4 Å². The van der Waals surface area contributed by atoms with E-state index in [1.807, 2.05) is 53.9 Å². The molecular formula is C28H40N2O5S. The second-order valence-corrected chi connectivity index (χ2v) is 9.72. The van der Waals surface area contributed by atoms with Crippen LogP contribution in [0.25, 0.3) is 0 Å². The van der Waals surface area contributed by atoms with Gasteiger partial charge < -0.3 is 24.8 Å². The molecule has 2 N–H and O–H groups in total. The second-order valence-electron chi connectivity index (χ2n) is 8.62. The highest BCUT2D eigenvalue weighted by Gasteiger charge is 2.18. The number of benzene rings is 2. The molecule has 198 valence electrons. The molecule has 2 atom stereocenters. The number of amides is 2. The first-order chi connectivity index (χ1) is 17.4. The first kappa shape index (κ1) is 29.5. The Hall–Kier alpha value is -2.71. The van der Waals surface area contributed by atoms with Crippen molar-refractivity contribution in [3.63, 3.8) is 0 Å². The minimum Gasteiger partial charge on any atom is -0.492 e. The predicted molar refractivity (Wildman–Crippen MR) is 146 cm³/mol. The fourth-order valence-corrected chi connectivity index (χ4v) is 4.37. The number of carboxylic acids is 1. The van der Waals surface area contributed by atoms with Crippen LogP contribution in [0.15, 0.2) is 54.6 Å². The Morgan fingerprint density at radius 3 is 2.39 bits per heavy atom. The van der Waals surface area contributed by atoms with Crippen LogP contribution in [0.1, 0.15) is 44.7 Å². The molecule has 36 heavy (non-hydrogen) atoms. The summed E-state index contributed by atoms with van der Waals surface area (Å²) in [7, 11) is 0. The van der Waals surface area contributed by atoms with E-state index in [1.165, 1.54) is 5.56 Å². The van der Waals surface area contributed by atoms with Crippen molar-refractivity contribution in [2.45, 2.75) is 57.9 Å². The van der Waals surface area contributed by atoms with E-state index >= 15 is 0 Å². The summed E-state index contributed by atoms with van der Waals surface area (Å²) < 4.78 is 11.2. The number of urea groups is 1. The van der Waals surface area contributed by atoms with Crippen LogP contribution in [0, 0.1) is 0 Å². The Morgan fingerprint density at radius 1 is 1.03 bits per heavy atom. The van der Waals surface area contributed by atoms with Gasteiger partial charge in [0.2, 0.25) is 0 Å². The molecule has 0 saturated heterocycles. The Bertz CT molecular complexity index is 895. The third kappa shape index (κ3) is 11.4. The first-order valence-electron chi connectivity index (χ1n) is 12.7. The molecule has 2 aromatic carbocycles. The highest BCUT2D eigenvalue weighted by atomic mass is 32.2. The zero-order chi connectivity index (χ0) is 26.2. The minimum absolute atomic E-state index is 0.0630. The van der Waals surface area contributed by atoms with Crippen LogP contribution in [-0.4, -0.2) is 66.2 Å². The molecule has 0 aromatic heterocycles. The molecule has 2 aromatic rings. The number of carbonyl (C=O) groups is 2. The van der Waals surface area contributed by atoms with Crippen LogP contribution in [0.2, 0.25) is 0 Å². The number of thioether (sulfide) groups is 1. The molecule has 7 nitrogen and oxygen atoms in total. The largest absolute Gasteiger partial charge is 0.492 e. The molecule has 0 aliphatic rings. The number of rotatable bonds is 17. The summed E-state index contributed by atoms with van der Waals surface area (Å²) in [6.07, 6.45) is 1.23. The van der Waals surface area contributed by atoms with Gasteiger partial charge in [0.05, 0.1) is 6.54 Å². The number of carboxylic acid groups (broad SMARTS) is 1. The highest BCUT2D eigenvalue weighted by molar-refractivity contribution is 7.98. The fourth-order valence-electron chi connectivity index (χ4n) is 3.47. The summed E-state index contributed by atoms with van der Waals surface area (Å²) in [5, 5.41) is 12.3. The van der Waals surface area contributed by atoms with Crippen molar-refractivity contribution in [1.29, 1.82) is 0 Å². The molecule has 8 heteroatoms. The number of nitrogens with zero attached hydrogens (tertiary/aromatic N) is 1. The zero-order valence-electron chi connectivity index (χ0n) is 21.7. The molecule has 0 aliphatic carbocycles. The maximum atomic E-state index is 12.8. The lowest BCUT2D eigenvalue weighted by molar-refractivity contribution is -0.149. The van der Waals surface area contributed by atoms with E-state index in [0.717, 1.165) is 29.9 Å². The van der Waals surface area contributed by atoms with Crippen LogP contribution in [0.3, 0.4) is 0 Å². The molecule has 0 aliphatic heterocycles. The van der Waals surface area contributed by atoms with Crippen molar-refractivity contribution in [1.82, 2.24) is 10.2 Å². The normalized spacial score (nSPS) is 12.5. The summed E-state index contributed by atoms with van der Waals surface area (Å²) in [6, 6.07) is 17.8. The molecule has 0 bridgehead atoms. The molecule has 0 spiro atoms. The molecule has 2 amide bonds. The molecule has 0 saturated carbocycles. The third-order valence-corrected chi connectivity index (χ3v) is 6.83. The summed E-state index contributed by atoms with van der Waals surface area (Å²) in [6.45, 7) is 7.72. The van der Waals surface area contributed by atoms with Crippen LogP contribution in [0.4, 0.5) is 4.79 Å². The van der Waals surface area contributed by atoms with Crippen molar-refractivity contribution >= 4 is 23.8 Å². The maximum Gasteiger partial charge on any atom is 0.333 e. The van der Waals surface area contributed by atoms with Gasteiger partial charge in [-0.05, 0) is 55.7 Å². The van der Waals surface area contributed by atoms with Crippen molar-refractivity contribution in [3.05, 3.63) is 65.7 Å². The van der Waals surface area contributed by atoms with Crippen LogP contribution in [-0.2, 0) is 21.7 Å². The van der Waals surface area contributed by atoms with E-state index < -0.39 is 12.1 Å². The zero-order valence-corrected chi connectivity index (χ0v) is 22.5. The molecule has 0 heterocycles. The monoisotopic (exact) mass is 516 g/mol. The Balaban J connectivity index is 1.81. The molecular weight excluding hydrogens is 476 g/mol. The number of hydrogen-bond donors (Lipinski definition) is 2. The lowest BCUT2D eigenvalue weighted by Crippen LogP contribution is -2.45. The predicted octanol–water partition coefficient (Wildman–Crippen LogP) is 5.23. The second kappa shape index (κ2) is 16.9. The van der Waals surface area contributed by atoms with E-state index in [1.54, 1.807) is 6.92 Å². The summed E-state index contributed by atoms with van der Waals surface area (Å²) in [4.78, 5) is 25.9. The van der Waals surface area contributed by atoms with Gasteiger partial charge >= 0.3 is 12.0 Å². The van der Waals surface area contributed by atoms with Crippen LogP contribution >= 0.6 is 11.8 Å². The summed E-state index contributed by atoms with van der Waals surface area (Å²) in [5.41, 5.74) is 2.18. The average molecular weight is 517 g/mol. The first-order valence-corrected chi connectivity index (χ1v) is 13.8. The lowest BCUT2D eigenvalue weighted by atomic mass is 10.1. The number of aliphatic carboxylic acids is 1. The van der Waals surface area contributed by atoms with Crippen LogP contribution < -0.4 is 10.1 Å². The SMILES string of the molecule is CCOC(Cc1ccc(OCCN(CCCSCc2ccccc2)C(=O)NC(C)CC)cc1)C(=O)O. The van der Waals surface area contributed by atoms with Gasteiger partial charge in [-0.2, -0.15) is 11.8 Å². The van der Waals surface area contributed by atoms with Gasteiger partial charge in [0.25, 0.3) is 0 Å². The van der Waals surface area contributed by atoms with Crippen molar-refractivity contribution < 1.29 is 24.2 Å². The molecule has 2 unspecified atom stereocenters. The quantitative estimate of drug-likeness (QED) is 0.280. The standard InChI is InChI=1S/C28H40N2O5S/c1-4-22(3)29-28(33)30(16-9-19-36-21-24-10-7-6-8-11-24)17-18-35-25-14-12-23(13-15-25)20-26(27(31)32)34-5-2/h6-8,10-15,22,26H,4-5,9,16-21H2,1-3H3,(H,29,33)(H,31,32). The Kier molecular flexibility index (Phi) is 13.8. The molecule has 0 radical (unpaired) electrons. The van der Waals surface area contributed by atoms with E-state index in [-0.39, 0.29) is 12.1 Å². The number of carbonyl (C=O) groups excluding carboxylic acids is 1. The van der Waals surface area contributed by atoms with Crippen molar-refractivity contribution in [2.75, 3.05) is 32.1 Å². The van der Waals surface area contributed by atoms with Gasteiger partial charge in [-0.15, -0.1) is 0 Å². The number of ether oxygens (including phenoxy) is 2. The molecule has 2 rings (SSSR count). The fraction of sp³-hybridized carbons (Fsp3) is 0.500. The highest BCUT2D eigenvalue weighted by Crippen LogP contribution is 2.16. The van der Waals surface area contributed by atoms with E-state index in [4.69, 9.17) is 9.47 Å². The van der Waals surface area contributed by atoms with Crippen LogP contribution in [0.5, 0.6) is 5.75 Å². The lowest BCUT2D eigenvalue weighted by Gasteiger charge is -2.25. The average Bonchev–Trinajstić information content (AvgIpc) is 2.88. The van der Waals surface area contributed by atoms with E-state index in [2.05, 4.69) is 36.5 Å². The topological polar surface area (TPSA) is 88.1 Å². The van der Waals surface area contributed by atoms with E-state index in [9.17, 15) is 14.7 Å². The van der Waals surface area contributed by atoms with E-state index in [0.29, 0.717) is 38.5 Å². The van der Waals surface area contributed by atoms with Gasteiger partial charge in [-0.3, -0.25) is 0 Å². The molecule has 0 fully saturated rings. The Labute approximate surface area is 219 Å². The van der Waals surface area contributed by atoms with Crippen molar-refractivity contribution in [3.8, 4) is 5.75 Å². The number of hydrogen-bond acceptors (Lipinski definition) is 5. The van der Waals surface area contributed by atoms with Gasteiger partial charge in [-0.25, -0.2) is 9.59 Å². The van der Waals surface area contributed by atoms with Crippen molar-refractivity contribution in [2.24, 2.45) is 0 Å². The summed E-state index contributed by atoms with van der Waals surface area (Å²) >= 11 is 1.87. The Morgan fingerprint density at radius 2 is 1.75 bits per heavy atom. The van der Waals surface area contributed by atoms with Gasteiger partial charge in [-0.1, -0.05) is 49.4 Å². The minimum atomic E-state index is -0.966. The maximum absolute atomic E-state index is 12.8. The smallest absolute Gasteiger partial charge is 0.333 e. The van der Waals surface area contributed by atoms with Gasteiger partial charge in [0.15, 0.2) is 6.10 Å². The van der Waals surface area contributed by atoms with Gasteiger partial charge in [0, 0.05) is 31.4 Å².